The van der Waals surface area contributed by atoms with Gasteiger partial charge in [0.15, 0.2) is 0 Å². The van der Waals surface area contributed by atoms with E-state index in [4.69, 9.17) is 11.6 Å². The lowest BCUT2D eigenvalue weighted by Gasteiger charge is -2.36. The molecule has 176 valence electrons. The summed E-state index contributed by atoms with van der Waals surface area (Å²) >= 11 is 6.33. The van der Waals surface area contributed by atoms with Crippen LogP contribution in [0.5, 0.6) is 0 Å². The molecule has 0 spiro atoms. The molecule has 2 aromatic carbocycles. The second-order valence-corrected chi connectivity index (χ2v) is 9.37. The van der Waals surface area contributed by atoms with E-state index >= 15 is 0 Å². The van der Waals surface area contributed by atoms with Gasteiger partial charge in [-0.15, -0.1) is 0 Å². The predicted octanol–water partition coefficient (Wildman–Crippen LogP) is 3.77. The van der Waals surface area contributed by atoms with Crippen LogP contribution in [-0.4, -0.2) is 64.1 Å². The highest BCUT2D eigenvalue weighted by Crippen LogP contribution is 2.32. The van der Waals surface area contributed by atoms with Crippen molar-refractivity contribution in [2.24, 2.45) is 0 Å². The highest BCUT2D eigenvalue weighted by molar-refractivity contribution is 6.31. The van der Waals surface area contributed by atoms with E-state index in [1.54, 1.807) is 6.07 Å². The van der Waals surface area contributed by atoms with Crippen LogP contribution >= 0.6 is 11.6 Å². The lowest BCUT2D eigenvalue weighted by atomic mass is 10.1. The summed E-state index contributed by atoms with van der Waals surface area (Å²) in [7, 11) is 0. The van der Waals surface area contributed by atoms with E-state index in [9.17, 15) is 9.59 Å². The minimum Gasteiger partial charge on any atom is -0.368 e. The first kappa shape index (κ1) is 22.6. The molecule has 7 nitrogen and oxygen atoms in total. The van der Waals surface area contributed by atoms with E-state index in [0.717, 1.165) is 60.4 Å². The summed E-state index contributed by atoms with van der Waals surface area (Å²) in [5.74, 6) is -0.434. The standard InChI is InChI=1S/C26H28ClN5O2/c1-18-16-19(2)32(28-18)15-14-31-25(33)21-7-5-9-23(24(21)26(31)34)30-12-10-29(11-13-30)17-20-6-3-4-8-22(20)27/h3-9,16H,10-15,17H2,1-2H3. The molecule has 0 N–H and O–H groups in total. The van der Waals surface area contributed by atoms with Gasteiger partial charge >= 0.3 is 0 Å². The minimum atomic E-state index is -0.222. The monoisotopic (exact) mass is 477 g/mol. The van der Waals surface area contributed by atoms with Crippen LogP contribution in [0.2, 0.25) is 5.02 Å². The lowest BCUT2D eigenvalue weighted by molar-refractivity contribution is 0.0647. The molecule has 3 heterocycles. The summed E-state index contributed by atoms with van der Waals surface area (Å²) in [6.45, 7) is 8.80. The van der Waals surface area contributed by atoms with Crippen LogP contribution in [0, 0.1) is 13.8 Å². The summed E-state index contributed by atoms with van der Waals surface area (Å²) in [4.78, 5) is 32.4. The van der Waals surface area contributed by atoms with E-state index in [2.05, 4.69) is 21.0 Å². The molecule has 1 fully saturated rings. The van der Waals surface area contributed by atoms with Gasteiger partial charge in [0.25, 0.3) is 11.8 Å². The molecule has 2 aliphatic rings. The Labute approximate surface area is 204 Å². The normalized spacial score (nSPS) is 16.4. The molecule has 34 heavy (non-hydrogen) atoms. The molecule has 8 heteroatoms. The number of hydrogen-bond acceptors (Lipinski definition) is 5. The quantitative estimate of drug-likeness (QED) is 0.506. The largest absolute Gasteiger partial charge is 0.368 e. The van der Waals surface area contributed by atoms with E-state index in [-0.39, 0.29) is 11.8 Å². The van der Waals surface area contributed by atoms with Gasteiger partial charge < -0.3 is 4.90 Å². The number of piperazine rings is 1. The van der Waals surface area contributed by atoms with Crippen LogP contribution in [0.4, 0.5) is 5.69 Å². The van der Waals surface area contributed by atoms with Gasteiger partial charge in [0, 0.05) is 50.0 Å². The molecule has 5 rings (SSSR count). The van der Waals surface area contributed by atoms with Crippen LogP contribution in [0.3, 0.4) is 0 Å². The van der Waals surface area contributed by atoms with Crippen LogP contribution in [0.25, 0.3) is 0 Å². The summed E-state index contributed by atoms with van der Waals surface area (Å²) in [6.07, 6.45) is 0. The number of imide groups is 1. The smallest absolute Gasteiger partial charge is 0.263 e. The van der Waals surface area contributed by atoms with Crippen LogP contribution in [-0.2, 0) is 13.1 Å². The van der Waals surface area contributed by atoms with Crippen LogP contribution in [0.15, 0.2) is 48.5 Å². The van der Waals surface area contributed by atoms with Crippen molar-refractivity contribution in [3.63, 3.8) is 0 Å². The number of carbonyl (C=O) groups is 2. The number of fused-ring (bicyclic) bond motifs is 1. The molecule has 2 aliphatic heterocycles. The average Bonchev–Trinajstić information content (AvgIpc) is 3.29. The number of amides is 2. The van der Waals surface area contributed by atoms with Gasteiger partial charge in [-0.05, 0) is 43.7 Å². The second-order valence-electron chi connectivity index (χ2n) is 8.97. The van der Waals surface area contributed by atoms with Gasteiger partial charge in [-0.25, -0.2) is 0 Å². The van der Waals surface area contributed by atoms with Crippen molar-refractivity contribution in [2.75, 3.05) is 37.6 Å². The fourth-order valence-corrected chi connectivity index (χ4v) is 5.09. The molecule has 0 atom stereocenters. The van der Waals surface area contributed by atoms with Crippen LogP contribution < -0.4 is 4.90 Å². The minimum absolute atomic E-state index is 0.212. The number of aryl methyl sites for hydroxylation is 2. The van der Waals surface area contributed by atoms with Gasteiger partial charge in [-0.3, -0.25) is 24.1 Å². The molecule has 0 unspecified atom stereocenters. The molecule has 1 saturated heterocycles. The first-order valence-electron chi connectivity index (χ1n) is 11.6. The first-order chi connectivity index (χ1) is 16.4. The number of nitrogens with zero attached hydrogens (tertiary/aromatic N) is 5. The Balaban J connectivity index is 1.28. The first-order valence-corrected chi connectivity index (χ1v) is 12.0. The van der Waals surface area contributed by atoms with Crippen molar-refractivity contribution < 1.29 is 9.59 Å². The Morgan fingerprint density at radius 1 is 0.912 bits per heavy atom. The molecule has 2 amide bonds. The predicted molar refractivity (Wildman–Crippen MR) is 132 cm³/mol. The number of carbonyl (C=O) groups excluding carboxylic acids is 2. The Morgan fingerprint density at radius 3 is 2.38 bits per heavy atom. The van der Waals surface area contributed by atoms with E-state index in [0.29, 0.717) is 24.2 Å². The molecule has 3 aromatic rings. The zero-order chi connectivity index (χ0) is 23.8. The van der Waals surface area contributed by atoms with Crippen molar-refractivity contribution in [2.45, 2.75) is 26.9 Å². The maximum atomic E-state index is 13.3. The highest BCUT2D eigenvalue weighted by Gasteiger charge is 2.38. The van der Waals surface area contributed by atoms with E-state index in [1.807, 2.05) is 54.9 Å². The fourth-order valence-electron chi connectivity index (χ4n) is 4.89. The SMILES string of the molecule is Cc1cc(C)n(CCN2C(=O)c3cccc(N4CCN(Cc5ccccc5Cl)CC4)c3C2=O)n1. The topological polar surface area (TPSA) is 61.7 Å². The maximum absolute atomic E-state index is 13.3. The molecule has 0 aliphatic carbocycles. The summed E-state index contributed by atoms with van der Waals surface area (Å²) in [5, 5.41) is 5.24. The highest BCUT2D eigenvalue weighted by atomic mass is 35.5. The number of aromatic nitrogens is 2. The van der Waals surface area contributed by atoms with Crippen molar-refractivity contribution in [1.29, 1.82) is 0 Å². The third-order valence-corrected chi connectivity index (χ3v) is 7.05. The summed E-state index contributed by atoms with van der Waals surface area (Å²) in [6, 6.07) is 15.5. The number of hydrogen-bond donors (Lipinski definition) is 0. The molecule has 0 bridgehead atoms. The maximum Gasteiger partial charge on any atom is 0.263 e. The zero-order valence-electron chi connectivity index (χ0n) is 19.5. The zero-order valence-corrected chi connectivity index (χ0v) is 20.3. The van der Waals surface area contributed by atoms with Gasteiger partial charge in [0.05, 0.1) is 29.1 Å². The third kappa shape index (κ3) is 4.21. The molecule has 0 saturated carbocycles. The van der Waals surface area contributed by atoms with E-state index in [1.165, 1.54) is 4.90 Å². The Bertz CT molecular complexity index is 1250. The Morgan fingerprint density at radius 2 is 1.68 bits per heavy atom. The average molecular weight is 478 g/mol. The lowest BCUT2D eigenvalue weighted by Crippen LogP contribution is -2.46. The van der Waals surface area contributed by atoms with Crippen molar-refractivity contribution in [3.8, 4) is 0 Å². The Kier molecular flexibility index (Phi) is 6.15. The summed E-state index contributed by atoms with van der Waals surface area (Å²) < 4.78 is 1.85. The molecular weight excluding hydrogens is 450 g/mol. The number of rotatable bonds is 6. The van der Waals surface area contributed by atoms with Crippen molar-refractivity contribution in [1.82, 2.24) is 19.6 Å². The molecular formula is C26H28ClN5O2. The van der Waals surface area contributed by atoms with Crippen LogP contribution in [0.1, 0.15) is 37.7 Å². The second kappa shape index (κ2) is 9.24. The number of halogens is 1. The van der Waals surface area contributed by atoms with E-state index < -0.39 is 0 Å². The van der Waals surface area contributed by atoms with Gasteiger partial charge in [0.2, 0.25) is 0 Å². The number of benzene rings is 2. The number of anilines is 1. The Hall–Kier alpha value is -3.16. The third-order valence-electron chi connectivity index (χ3n) is 6.68. The molecule has 0 radical (unpaired) electrons. The van der Waals surface area contributed by atoms with Gasteiger partial charge in [-0.2, -0.15) is 5.10 Å². The van der Waals surface area contributed by atoms with Gasteiger partial charge in [0.1, 0.15) is 0 Å². The molecule has 1 aromatic heterocycles. The van der Waals surface area contributed by atoms with Crippen molar-refractivity contribution in [3.05, 3.63) is 81.6 Å². The van der Waals surface area contributed by atoms with Crippen molar-refractivity contribution >= 4 is 29.1 Å². The fraction of sp³-hybridized carbons (Fsp3) is 0.346. The van der Waals surface area contributed by atoms with Gasteiger partial charge in [-0.1, -0.05) is 35.9 Å². The summed E-state index contributed by atoms with van der Waals surface area (Å²) in [5.41, 5.74) is 4.94.